The second-order valence-corrected chi connectivity index (χ2v) is 5.81. The molecule has 0 aromatic heterocycles. The highest BCUT2D eigenvalue weighted by Gasteiger charge is 1.93. The molecule has 0 saturated carbocycles. The minimum Gasteiger partial charge on any atom is -0.150 e. The van der Waals surface area contributed by atoms with Gasteiger partial charge in [0, 0.05) is 0 Å². The lowest BCUT2D eigenvalue weighted by Gasteiger charge is -2.02. The molecule has 0 spiro atoms. The maximum atomic E-state index is 9.85. The summed E-state index contributed by atoms with van der Waals surface area (Å²) in [4.78, 5) is 9.85. The van der Waals surface area contributed by atoms with Crippen molar-refractivity contribution in [2.45, 2.75) is 96.8 Å². The quantitative estimate of drug-likeness (QED) is 0.174. The van der Waals surface area contributed by atoms with E-state index >= 15 is 0 Å². The number of nitrogens with zero attached hydrogens (tertiary/aromatic N) is 1. The lowest BCUT2D eigenvalue weighted by Crippen LogP contribution is -1.82. The summed E-state index contributed by atoms with van der Waals surface area (Å²) in [7, 11) is 0. The molecule has 0 aromatic rings. The third-order valence-electron chi connectivity index (χ3n) is 3.82. The summed E-state index contributed by atoms with van der Waals surface area (Å²) in [5, 5.41) is 2.80. The minimum atomic E-state index is 0.332. The molecule has 0 heterocycles. The van der Waals surface area contributed by atoms with Gasteiger partial charge in [-0.25, -0.2) is 0 Å². The van der Waals surface area contributed by atoms with Crippen LogP contribution in [0.15, 0.2) is 17.3 Å². The van der Waals surface area contributed by atoms with Gasteiger partial charge in [-0.15, -0.1) is 0 Å². The number of rotatable bonds is 16. The van der Waals surface area contributed by atoms with Crippen molar-refractivity contribution >= 4 is 0 Å². The molecule has 0 N–H and O–H groups in total. The largest absolute Gasteiger partial charge is 0.150 e. The summed E-state index contributed by atoms with van der Waals surface area (Å²) >= 11 is 0. The van der Waals surface area contributed by atoms with Crippen molar-refractivity contribution in [1.29, 1.82) is 0 Å². The average molecular weight is 281 g/mol. The van der Waals surface area contributed by atoms with E-state index in [0.29, 0.717) is 6.54 Å². The van der Waals surface area contributed by atoms with Crippen LogP contribution in [0.3, 0.4) is 0 Å². The number of hydrogen-bond acceptors (Lipinski definition) is 2. The molecule has 0 aromatic carbocycles. The minimum absolute atomic E-state index is 0.332. The van der Waals surface area contributed by atoms with Crippen LogP contribution in [0.2, 0.25) is 0 Å². The molecule has 0 aliphatic rings. The van der Waals surface area contributed by atoms with Crippen LogP contribution in [0.25, 0.3) is 0 Å². The van der Waals surface area contributed by atoms with Crippen LogP contribution < -0.4 is 0 Å². The van der Waals surface area contributed by atoms with Crippen molar-refractivity contribution in [2.24, 2.45) is 5.18 Å². The molecule has 0 fully saturated rings. The second kappa shape index (κ2) is 18.3. The number of unbranched alkanes of at least 4 members (excludes halogenated alkanes) is 13. The van der Waals surface area contributed by atoms with Gasteiger partial charge in [0.25, 0.3) is 0 Å². The molecular weight excluding hydrogens is 246 g/mol. The standard InChI is InChI=1S/C18H35NO/c1-2-3-4-5-6-7-8-9-10-11-12-13-14-15-16-17-18-19-20/h16-17H,2-15,18H2,1H3. The smallest absolute Gasteiger partial charge is 0.0992 e. The lowest BCUT2D eigenvalue weighted by molar-refractivity contribution is 0.540. The summed E-state index contributed by atoms with van der Waals surface area (Å²) in [6, 6.07) is 0. The lowest BCUT2D eigenvalue weighted by atomic mass is 10.0. The van der Waals surface area contributed by atoms with Crippen molar-refractivity contribution in [3.05, 3.63) is 17.1 Å². The molecule has 0 saturated heterocycles. The van der Waals surface area contributed by atoms with Crippen LogP contribution in [0.5, 0.6) is 0 Å². The Morgan fingerprint density at radius 2 is 1.10 bits per heavy atom. The average Bonchev–Trinajstić information content (AvgIpc) is 2.47. The molecule has 2 nitrogen and oxygen atoms in total. The van der Waals surface area contributed by atoms with Crippen molar-refractivity contribution < 1.29 is 0 Å². The van der Waals surface area contributed by atoms with Crippen molar-refractivity contribution in [2.75, 3.05) is 6.54 Å². The first-order valence-corrected chi connectivity index (χ1v) is 8.86. The highest BCUT2D eigenvalue weighted by Crippen LogP contribution is 2.12. The van der Waals surface area contributed by atoms with E-state index in [1.807, 2.05) is 6.08 Å². The zero-order valence-electron chi connectivity index (χ0n) is 13.6. The number of hydrogen-bond donors (Lipinski definition) is 0. The van der Waals surface area contributed by atoms with Gasteiger partial charge in [0.1, 0.15) is 0 Å². The van der Waals surface area contributed by atoms with E-state index in [-0.39, 0.29) is 0 Å². The van der Waals surface area contributed by atoms with Crippen LogP contribution in [0, 0.1) is 4.91 Å². The first-order chi connectivity index (χ1) is 9.91. The highest BCUT2D eigenvalue weighted by molar-refractivity contribution is 4.83. The monoisotopic (exact) mass is 281 g/mol. The number of allylic oxidation sites excluding steroid dienone is 1. The predicted octanol–water partition coefficient (Wildman–Crippen LogP) is 6.79. The van der Waals surface area contributed by atoms with Gasteiger partial charge in [0.15, 0.2) is 0 Å². The van der Waals surface area contributed by atoms with Crippen molar-refractivity contribution in [1.82, 2.24) is 0 Å². The van der Waals surface area contributed by atoms with Gasteiger partial charge in [-0.3, -0.25) is 0 Å². The molecule has 0 aliphatic heterocycles. The zero-order valence-corrected chi connectivity index (χ0v) is 13.6. The number of nitroso groups, excluding NO2 is 1. The molecule has 0 bridgehead atoms. The van der Waals surface area contributed by atoms with E-state index < -0.39 is 0 Å². The summed E-state index contributed by atoms with van der Waals surface area (Å²) in [6.07, 6.45) is 23.2. The highest BCUT2D eigenvalue weighted by atomic mass is 16.3. The summed E-state index contributed by atoms with van der Waals surface area (Å²) < 4.78 is 0. The first-order valence-electron chi connectivity index (χ1n) is 8.86. The van der Waals surface area contributed by atoms with Crippen molar-refractivity contribution in [3.63, 3.8) is 0 Å². The van der Waals surface area contributed by atoms with Gasteiger partial charge < -0.3 is 0 Å². The molecule has 118 valence electrons. The van der Waals surface area contributed by atoms with Gasteiger partial charge in [-0.1, -0.05) is 101 Å². The molecule has 0 amide bonds. The molecule has 2 heteroatoms. The van der Waals surface area contributed by atoms with Crippen LogP contribution in [0.1, 0.15) is 96.8 Å². The maximum absolute atomic E-state index is 9.85. The third-order valence-corrected chi connectivity index (χ3v) is 3.82. The Labute approximate surface area is 126 Å². The molecule has 0 rings (SSSR count). The maximum Gasteiger partial charge on any atom is 0.0992 e. The van der Waals surface area contributed by atoms with Gasteiger partial charge in [-0.05, 0) is 12.8 Å². The molecule has 0 aliphatic carbocycles. The van der Waals surface area contributed by atoms with E-state index in [0.717, 1.165) is 6.42 Å². The summed E-state index contributed by atoms with van der Waals surface area (Å²) in [5.74, 6) is 0. The molecule has 0 unspecified atom stereocenters. The Bertz CT molecular complexity index is 213. The van der Waals surface area contributed by atoms with E-state index in [1.54, 1.807) is 0 Å². The third kappa shape index (κ3) is 17.3. The van der Waals surface area contributed by atoms with Crippen LogP contribution >= 0.6 is 0 Å². The zero-order chi connectivity index (χ0) is 14.7. The van der Waals surface area contributed by atoms with Crippen LogP contribution in [-0.2, 0) is 0 Å². The predicted molar refractivity (Wildman–Crippen MR) is 90.1 cm³/mol. The summed E-state index contributed by atoms with van der Waals surface area (Å²) in [6.45, 7) is 2.61. The van der Waals surface area contributed by atoms with Gasteiger partial charge in [-0.2, -0.15) is 4.91 Å². The topological polar surface area (TPSA) is 29.4 Å². The Morgan fingerprint density at radius 3 is 1.55 bits per heavy atom. The van der Waals surface area contributed by atoms with Gasteiger partial charge in [0.2, 0.25) is 0 Å². The van der Waals surface area contributed by atoms with E-state index in [2.05, 4.69) is 18.2 Å². The summed E-state index contributed by atoms with van der Waals surface area (Å²) in [5.41, 5.74) is 0. The fourth-order valence-electron chi connectivity index (χ4n) is 2.52. The Hall–Kier alpha value is -0.660. The van der Waals surface area contributed by atoms with Crippen LogP contribution in [-0.4, -0.2) is 6.54 Å². The van der Waals surface area contributed by atoms with E-state index in [4.69, 9.17) is 0 Å². The molecular formula is C18H35NO. The fourth-order valence-corrected chi connectivity index (χ4v) is 2.52. The Morgan fingerprint density at radius 1 is 0.650 bits per heavy atom. The SMILES string of the molecule is CCCCCCCCCCCCCCCC=CCN=O. The van der Waals surface area contributed by atoms with Gasteiger partial charge >= 0.3 is 0 Å². The van der Waals surface area contributed by atoms with E-state index in [1.165, 1.54) is 83.5 Å². The second-order valence-electron chi connectivity index (χ2n) is 5.81. The fraction of sp³-hybridized carbons (Fsp3) is 0.889. The molecule has 0 radical (unpaired) electrons. The van der Waals surface area contributed by atoms with Gasteiger partial charge in [0.05, 0.1) is 6.54 Å². The first kappa shape index (κ1) is 19.3. The van der Waals surface area contributed by atoms with Crippen molar-refractivity contribution in [3.8, 4) is 0 Å². The molecule has 20 heavy (non-hydrogen) atoms. The molecule has 0 atom stereocenters. The Kier molecular flexibility index (Phi) is 17.7. The Balaban J connectivity index is 2.97. The normalized spacial score (nSPS) is 11.2. The van der Waals surface area contributed by atoms with Crippen LogP contribution in [0.4, 0.5) is 0 Å². The van der Waals surface area contributed by atoms with E-state index in [9.17, 15) is 4.91 Å².